The topological polar surface area (TPSA) is 105 Å². The highest BCUT2D eigenvalue weighted by Gasteiger charge is 2.23. The quantitative estimate of drug-likeness (QED) is 0.364. The number of nitrogens with zero attached hydrogens (tertiary/aromatic N) is 6. The zero-order valence-electron chi connectivity index (χ0n) is 19.1. The van der Waals surface area contributed by atoms with Crippen LogP contribution < -0.4 is 5.32 Å². The predicted molar refractivity (Wildman–Crippen MR) is 130 cm³/mol. The van der Waals surface area contributed by atoms with Gasteiger partial charge in [0.2, 0.25) is 0 Å². The lowest BCUT2D eigenvalue weighted by Crippen LogP contribution is -2.09. The molecule has 0 fully saturated rings. The minimum absolute atomic E-state index is 0.122. The molecule has 0 aliphatic heterocycles. The number of anilines is 1. The molecule has 0 amide bonds. The molecule has 0 aromatic carbocycles. The van der Waals surface area contributed by atoms with Crippen molar-refractivity contribution in [1.29, 1.82) is 5.26 Å². The van der Waals surface area contributed by atoms with Gasteiger partial charge in [-0.2, -0.15) is 10.4 Å². The van der Waals surface area contributed by atoms with Gasteiger partial charge in [-0.05, 0) is 50.1 Å². The smallest absolute Gasteiger partial charge is 0.176 e. The molecule has 0 saturated carbocycles. The molecule has 34 heavy (non-hydrogen) atoms. The van der Waals surface area contributed by atoms with Crippen LogP contribution in [0.5, 0.6) is 0 Å². The lowest BCUT2D eigenvalue weighted by Gasteiger charge is -2.16. The number of rotatable bonds is 6. The molecule has 5 rings (SSSR count). The van der Waals surface area contributed by atoms with Gasteiger partial charge in [0.05, 0.1) is 29.5 Å². The average Bonchev–Trinajstić information content (AvgIpc) is 3.49. The van der Waals surface area contributed by atoms with Crippen LogP contribution in [0.15, 0.2) is 65.7 Å². The average molecular weight is 450 g/mol. The summed E-state index contributed by atoms with van der Waals surface area (Å²) in [5.74, 6) is 0. The number of furan rings is 1. The molecule has 8 heteroatoms. The van der Waals surface area contributed by atoms with Crippen LogP contribution >= 0.6 is 0 Å². The van der Waals surface area contributed by atoms with Gasteiger partial charge < -0.3 is 9.73 Å². The summed E-state index contributed by atoms with van der Waals surface area (Å²) < 4.78 is 7.61. The van der Waals surface area contributed by atoms with Crippen LogP contribution in [-0.2, 0) is 6.54 Å². The summed E-state index contributed by atoms with van der Waals surface area (Å²) in [7, 11) is 0. The van der Waals surface area contributed by atoms with Gasteiger partial charge in [0.25, 0.3) is 0 Å². The van der Waals surface area contributed by atoms with E-state index < -0.39 is 0 Å². The standard InChI is InChI=1S/C26H23N7O/c1-16(2)33-25(17(3)13-31-33)23-19(12-27)24(26-22(32-23)9-11-34-26)30-15-18-7-8-21(29-14-18)20-6-4-5-10-28-20/h4-11,13-14,16H,15H2,1-3H3,(H,30,32). The molecule has 5 aromatic rings. The predicted octanol–water partition coefficient (Wildman–Crippen LogP) is 5.52. The van der Waals surface area contributed by atoms with Crippen LogP contribution in [0.4, 0.5) is 5.69 Å². The lowest BCUT2D eigenvalue weighted by atomic mass is 10.1. The summed E-state index contributed by atoms with van der Waals surface area (Å²) in [5.41, 5.74) is 7.23. The maximum atomic E-state index is 10.2. The monoisotopic (exact) mass is 449 g/mol. The van der Waals surface area contributed by atoms with Gasteiger partial charge in [-0.1, -0.05) is 12.1 Å². The summed E-state index contributed by atoms with van der Waals surface area (Å²) >= 11 is 0. The molecular weight excluding hydrogens is 426 g/mol. The Kier molecular flexibility index (Phi) is 5.52. The Morgan fingerprint density at radius 2 is 1.94 bits per heavy atom. The number of pyridine rings is 3. The van der Waals surface area contributed by atoms with Crippen molar-refractivity contribution in [1.82, 2.24) is 24.7 Å². The molecule has 0 aliphatic carbocycles. The van der Waals surface area contributed by atoms with E-state index >= 15 is 0 Å². The summed E-state index contributed by atoms with van der Waals surface area (Å²) in [5, 5.41) is 18.1. The van der Waals surface area contributed by atoms with E-state index in [9.17, 15) is 5.26 Å². The Bertz CT molecular complexity index is 1490. The van der Waals surface area contributed by atoms with Crippen molar-refractivity contribution in [3.05, 3.63) is 77.9 Å². The van der Waals surface area contributed by atoms with Crippen LogP contribution in [-0.4, -0.2) is 24.7 Å². The van der Waals surface area contributed by atoms with Crippen molar-refractivity contribution in [2.45, 2.75) is 33.4 Å². The first-order chi connectivity index (χ1) is 16.6. The van der Waals surface area contributed by atoms with Crippen molar-refractivity contribution in [2.75, 3.05) is 5.32 Å². The first-order valence-electron chi connectivity index (χ1n) is 11.0. The zero-order valence-corrected chi connectivity index (χ0v) is 19.1. The summed E-state index contributed by atoms with van der Waals surface area (Å²) in [6, 6.07) is 13.9. The van der Waals surface area contributed by atoms with Crippen LogP contribution in [0.1, 0.15) is 36.6 Å². The van der Waals surface area contributed by atoms with Crippen LogP contribution in [0.3, 0.4) is 0 Å². The third kappa shape index (κ3) is 3.77. The van der Waals surface area contributed by atoms with Crippen molar-refractivity contribution in [3.63, 3.8) is 0 Å². The summed E-state index contributed by atoms with van der Waals surface area (Å²) in [6.07, 6.45) is 6.95. The van der Waals surface area contributed by atoms with Gasteiger partial charge in [0.15, 0.2) is 5.58 Å². The second-order valence-corrected chi connectivity index (χ2v) is 8.29. The molecule has 0 aliphatic rings. The molecule has 0 spiro atoms. The van der Waals surface area contributed by atoms with E-state index in [4.69, 9.17) is 9.40 Å². The summed E-state index contributed by atoms with van der Waals surface area (Å²) in [4.78, 5) is 13.7. The van der Waals surface area contributed by atoms with Gasteiger partial charge >= 0.3 is 0 Å². The van der Waals surface area contributed by atoms with Crippen molar-refractivity contribution < 1.29 is 4.42 Å². The van der Waals surface area contributed by atoms with Crippen molar-refractivity contribution in [3.8, 4) is 28.8 Å². The minimum Gasteiger partial charge on any atom is -0.460 e. The number of nitrogens with one attached hydrogen (secondary N) is 1. The number of nitriles is 1. The second-order valence-electron chi connectivity index (χ2n) is 8.29. The Morgan fingerprint density at radius 3 is 2.65 bits per heavy atom. The van der Waals surface area contributed by atoms with Crippen LogP contribution in [0.25, 0.3) is 33.9 Å². The molecule has 5 aromatic heterocycles. The number of fused-ring (bicyclic) bond motifs is 1. The molecule has 1 N–H and O–H groups in total. The van der Waals surface area contributed by atoms with Gasteiger partial charge in [-0.3, -0.25) is 14.6 Å². The zero-order chi connectivity index (χ0) is 23.7. The number of hydrogen-bond acceptors (Lipinski definition) is 7. The summed E-state index contributed by atoms with van der Waals surface area (Å²) in [6.45, 7) is 6.55. The van der Waals surface area contributed by atoms with E-state index in [1.165, 1.54) is 0 Å². The van der Waals surface area contributed by atoms with Gasteiger partial charge in [-0.25, -0.2) is 4.98 Å². The molecule has 5 heterocycles. The van der Waals surface area contributed by atoms with Crippen LogP contribution in [0, 0.1) is 18.3 Å². The fraction of sp³-hybridized carbons (Fsp3) is 0.192. The van der Waals surface area contributed by atoms with Crippen molar-refractivity contribution in [2.24, 2.45) is 0 Å². The highest BCUT2D eigenvalue weighted by Crippen LogP contribution is 2.36. The van der Waals surface area contributed by atoms with E-state index in [1.54, 1.807) is 24.7 Å². The Labute approximate surface area is 196 Å². The van der Waals surface area contributed by atoms with E-state index in [0.29, 0.717) is 34.6 Å². The van der Waals surface area contributed by atoms with Crippen molar-refractivity contribution >= 4 is 16.8 Å². The van der Waals surface area contributed by atoms with Crippen LogP contribution in [0.2, 0.25) is 0 Å². The van der Waals surface area contributed by atoms with E-state index in [-0.39, 0.29) is 6.04 Å². The number of hydrogen-bond donors (Lipinski definition) is 1. The highest BCUT2D eigenvalue weighted by molar-refractivity contribution is 5.94. The second kappa shape index (κ2) is 8.79. The highest BCUT2D eigenvalue weighted by atomic mass is 16.3. The van der Waals surface area contributed by atoms with E-state index in [0.717, 1.165) is 28.2 Å². The molecule has 8 nitrogen and oxygen atoms in total. The Morgan fingerprint density at radius 1 is 1.09 bits per heavy atom. The first-order valence-corrected chi connectivity index (χ1v) is 11.0. The maximum absolute atomic E-state index is 10.2. The fourth-order valence-corrected chi connectivity index (χ4v) is 3.96. The largest absolute Gasteiger partial charge is 0.460 e. The molecule has 0 unspecified atom stereocenters. The SMILES string of the molecule is Cc1cnn(C(C)C)c1-c1nc2ccoc2c(NCc2ccc(-c3ccccn3)nc2)c1C#N. The molecular formula is C26H23N7O. The molecule has 0 saturated heterocycles. The normalized spacial score (nSPS) is 11.1. The Hall–Kier alpha value is -4.51. The third-order valence-corrected chi connectivity index (χ3v) is 5.62. The van der Waals surface area contributed by atoms with E-state index in [1.807, 2.05) is 48.1 Å². The lowest BCUT2D eigenvalue weighted by molar-refractivity contribution is 0.537. The Balaban J connectivity index is 1.52. The third-order valence-electron chi connectivity index (χ3n) is 5.62. The van der Waals surface area contributed by atoms with Gasteiger partial charge in [-0.15, -0.1) is 0 Å². The number of aromatic nitrogens is 5. The molecule has 168 valence electrons. The number of aryl methyl sites for hydroxylation is 1. The molecule has 0 atom stereocenters. The maximum Gasteiger partial charge on any atom is 0.176 e. The van der Waals surface area contributed by atoms with Gasteiger partial charge in [0, 0.05) is 31.0 Å². The van der Waals surface area contributed by atoms with E-state index in [2.05, 4.69) is 40.3 Å². The first kappa shape index (κ1) is 21.3. The molecule has 0 radical (unpaired) electrons. The van der Waals surface area contributed by atoms with Gasteiger partial charge in [0.1, 0.15) is 28.5 Å². The minimum atomic E-state index is 0.122. The fourth-order valence-electron chi connectivity index (χ4n) is 3.96. The molecule has 0 bridgehead atoms.